The molecule has 0 unspecified atom stereocenters. The molecule has 3 heterocycles. The van der Waals surface area contributed by atoms with E-state index in [0.717, 1.165) is 26.2 Å². The molecule has 1 saturated heterocycles. The van der Waals surface area contributed by atoms with Crippen molar-refractivity contribution in [2.45, 2.75) is 10.1 Å². The van der Waals surface area contributed by atoms with Gasteiger partial charge in [0.1, 0.15) is 16.5 Å². The topological polar surface area (TPSA) is 129 Å². The summed E-state index contributed by atoms with van der Waals surface area (Å²) in [5.74, 6) is 1.92. The zero-order valence-electron chi connectivity index (χ0n) is 15.0. The fraction of sp³-hybridized carbons (Fsp3) is 0.467. The Morgan fingerprint density at radius 3 is 1.96 bits per heavy atom. The van der Waals surface area contributed by atoms with Gasteiger partial charge in [-0.15, -0.1) is 0 Å². The Balaban J connectivity index is 1.94. The van der Waals surface area contributed by atoms with Crippen LogP contribution in [0.5, 0.6) is 11.8 Å². The number of likely N-dealkylation sites (N-methyl/N-ethyl adjacent to an activating group) is 1. The van der Waals surface area contributed by atoms with Gasteiger partial charge in [-0.05, 0) is 18.8 Å². The van der Waals surface area contributed by atoms with Gasteiger partial charge in [-0.2, -0.15) is 9.97 Å². The quantitative estimate of drug-likeness (QED) is 0.699. The highest BCUT2D eigenvalue weighted by Gasteiger charge is 2.23. The minimum atomic E-state index is 0.285. The molecule has 0 aromatic carbocycles. The van der Waals surface area contributed by atoms with Crippen LogP contribution in [0.1, 0.15) is 0 Å². The molecule has 2 aromatic heterocycles. The molecule has 1 aliphatic heterocycles. The molecule has 1 aliphatic rings. The number of nitrogens with two attached hydrogens (primary N) is 2. The molecule has 10 nitrogen and oxygen atoms in total. The number of nitrogens with zero attached hydrogens (tertiary/aromatic N) is 6. The van der Waals surface area contributed by atoms with Crippen LogP contribution in [0.2, 0.25) is 0 Å². The molecule has 0 spiro atoms. The molecule has 0 radical (unpaired) electrons. The van der Waals surface area contributed by atoms with E-state index >= 15 is 0 Å². The number of piperazine rings is 1. The summed E-state index contributed by atoms with van der Waals surface area (Å²) >= 11 is 1.19. The van der Waals surface area contributed by atoms with Crippen molar-refractivity contribution in [3.05, 3.63) is 6.07 Å². The number of hydrogen-bond acceptors (Lipinski definition) is 11. The van der Waals surface area contributed by atoms with E-state index in [-0.39, 0.29) is 11.6 Å². The molecule has 0 atom stereocenters. The molecular formula is C15H22N8O2S. The van der Waals surface area contributed by atoms with Crippen molar-refractivity contribution in [1.29, 1.82) is 0 Å². The maximum atomic E-state index is 5.74. The van der Waals surface area contributed by atoms with Crippen molar-refractivity contribution in [3.63, 3.8) is 0 Å². The number of ether oxygens (including phenoxy) is 2. The van der Waals surface area contributed by atoms with Crippen molar-refractivity contribution >= 4 is 29.3 Å². The van der Waals surface area contributed by atoms with E-state index in [1.54, 1.807) is 14.2 Å². The van der Waals surface area contributed by atoms with Gasteiger partial charge >= 0.3 is 0 Å². The lowest BCUT2D eigenvalue weighted by Crippen LogP contribution is -2.45. The third-order valence-corrected chi connectivity index (χ3v) is 4.82. The number of methoxy groups -OCH3 is 2. The Morgan fingerprint density at radius 2 is 1.46 bits per heavy atom. The first-order valence-corrected chi connectivity index (χ1v) is 8.83. The van der Waals surface area contributed by atoms with E-state index < -0.39 is 0 Å². The lowest BCUT2D eigenvalue weighted by Gasteiger charge is -2.32. The van der Waals surface area contributed by atoms with Crippen LogP contribution < -0.4 is 25.8 Å². The van der Waals surface area contributed by atoms with E-state index in [2.05, 4.69) is 36.8 Å². The second-order valence-electron chi connectivity index (χ2n) is 5.76. The first kappa shape index (κ1) is 18.3. The van der Waals surface area contributed by atoms with Crippen LogP contribution in [0.15, 0.2) is 16.1 Å². The van der Waals surface area contributed by atoms with Gasteiger partial charge in [0.05, 0.1) is 14.2 Å². The number of hydrogen-bond donors (Lipinski definition) is 2. The molecule has 11 heteroatoms. The fourth-order valence-corrected chi connectivity index (χ4v) is 3.43. The third kappa shape index (κ3) is 3.99. The summed E-state index contributed by atoms with van der Waals surface area (Å²) < 4.78 is 10.9. The van der Waals surface area contributed by atoms with E-state index in [0.29, 0.717) is 27.8 Å². The van der Waals surface area contributed by atoms with Gasteiger partial charge in [0, 0.05) is 32.2 Å². The molecule has 2 aromatic rings. The maximum Gasteiger partial charge on any atom is 0.236 e. The van der Waals surface area contributed by atoms with Crippen molar-refractivity contribution in [1.82, 2.24) is 24.8 Å². The SMILES string of the molecule is COc1nc(N2CCN(C)CC2)nc(OC)c1Sc1nc(N)cc(N)n1. The number of rotatable bonds is 5. The van der Waals surface area contributed by atoms with Crippen LogP contribution in [-0.4, -0.2) is 72.3 Å². The summed E-state index contributed by atoms with van der Waals surface area (Å²) in [4.78, 5) is 22.4. The monoisotopic (exact) mass is 378 g/mol. The number of anilines is 3. The van der Waals surface area contributed by atoms with E-state index in [9.17, 15) is 0 Å². The van der Waals surface area contributed by atoms with Gasteiger partial charge < -0.3 is 30.7 Å². The van der Waals surface area contributed by atoms with Crippen molar-refractivity contribution in [3.8, 4) is 11.8 Å². The van der Waals surface area contributed by atoms with Gasteiger partial charge in [0.15, 0.2) is 5.16 Å². The smallest absolute Gasteiger partial charge is 0.236 e. The first-order valence-electron chi connectivity index (χ1n) is 8.01. The van der Waals surface area contributed by atoms with Crippen molar-refractivity contribution in [2.75, 3.05) is 63.8 Å². The number of nitrogen functional groups attached to an aromatic ring is 2. The number of aromatic nitrogens is 4. The molecular weight excluding hydrogens is 356 g/mol. The van der Waals surface area contributed by atoms with Gasteiger partial charge in [-0.1, -0.05) is 0 Å². The van der Waals surface area contributed by atoms with Crippen LogP contribution in [0.4, 0.5) is 17.6 Å². The molecule has 3 rings (SSSR count). The second kappa shape index (κ2) is 7.79. The average Bonchev–Trinajstić information content (AvgIpc) is 2.61. The lowest BCUT2D eigenvalue weighted by molar-refractivity contribution is 0.308. The van der Waals surface area contributed by atoms with E-state index in [4.69, 9.17) is 20.9 Å². The highest BCUT2D eigenvalue weighted by molar-refractivity contribution is 7.99. The average molecular weight is 378 g/mol. The molecule has 4 N–H and O–H groups in total. The lowest BCUT2D eigenvalue weighted by atomic mass is 10.3. The molecule has 1 fully saturated rings. The fourth-order valence-electron chi connectivity index (χ4n) is 2.51. The predicted molar refractivity (Wildman–Crippen MR) is 99.8 cm³/mol. The van der Waals surface area contributed by atoms with Gasteiger partial charge in [-0.25, -0.2) is 9.97 Å². The summed E-state index contributed by atoms with van der Waals surface area (Å²) in [7, 11) is 5.19. The van der Waals surface area contributed by atoms with Crippen LogP contribution in [-0.2, 0) is 0 Å². The van der Waals surface area contributed by atoms with Crippen molar-refractivity contribution in [2.24, 2.45) is 0 Å². The van der Waals surface area contributed by atoms with Crippen molar-refractivity contribution < 1.29 is 9.47 Å². The second-order valence-corrected chi connectivity index (χ2v) is 6.74. The van der Waals surface area contributed by atoms with Crippen LogP contribution in [0.25, 0.3) is 0 Å². The summed E-state index contributed by atoms with van der Waals surface area (Å²) in [6, 6.07) is 1.49. The molecule has 0 saturated carbocycles. The first-order chi connectivity index (χ1) is 12.5. The Bertz CT molecular complexity index is 737. The minimum Gasteiger partial charge on any atom is -0.480 e. The van der Waals surface area contributed by atoms with Gasteiger partial charge in [0.25, 0.3) is 0 Å². The summed E-state index contributed by atoms with van der Waals surface area (Å²) in [5, 5.41) is 0.370. The van der Waals surface area contributed by atoms with Gasteiger partial charge in [-0.3, -0.25) is 0 Å². The summed E-state index contributed by atoms with van der Waals surface area (Å²) in [6.07, 6.45) is 0. The highest BCUT2D eigenvalue weighted by Crippen LogP contribution is 2.40. The maximum absolute atomic E-state index is 5.74. The summed E-state index contributed by atoms with van der Waals surface area (Å²) in [6.45, 7) is 3.57. The largest absolute Gasteiger partial charge is 0.480 e. The third-order valence-electron chi connectivity index (χ3n) is 3.90. The zero-order valence-corrected chi connectivity index (χ0v) is 15.8. The molecule has 0 aliphatic carbocycles. The molecule has 140 valence electrons. The Kier molecular flexibility index (Phi) is 5.47. The Labute approximate surface area is 155 Å². The van der Waals surface area contributed by atoms with E-state index in [1.807, 2.05) is 0 Å². The predicted octanol–water partition coefficient (Wildman–Crippen LogP) is 0.351. The highest BCUT2D eigenvalue weighted by atomic mass is 32.2. The van der Waals surface area contributed by atoms with Crippen LogP contribution >= 0.6 is 11.8 Å². The molecule has 0 bridgehead atoms. The normalized spacial score (nSPS) is 15.1. The molecule has 26 heavy (non-hydrogen) atoms. The Hall–Kier alpha value is -2.53. The van der Waals surface area contributed by atoms with E-state index in [1.165, 1.54) is 17.8 Å². The van der Waals surface area contributed by atoms with Crippen LogP contribution in [0, 0.1) is 0 Å². The molecule has 0 amide bonds. The Morgan fingerprint density at radius 1 is 0.923 bits per heavy atom. The van der Waals surface area contributed by atoms with Gasteiger partial charge in [0.2, 0.25) is 17.7 Å². The zero-order chi connectivity index (χ0) is 18.7. The standard InChI is InChI=1S/C15H22N8O2S/c1-22-4-6-23(7-5-22)14-20-12(24-2)11(13(21-14)25-3)26-15-18-9(16)8-10(17)19-15/h8H,4-7H2,1-3H3,(H4,16,17,18,19). The minimum absolute atomic E-state index is 0.285. The summed E-state index contributed by atoms with van der Waals surface area (Å²) in [5.41, 5.74) is 11.5. The van der Waals surface area contributed by atoms with Crippen LogP contribution in [0.3, 0.4) is 0 Å².